The first kappa shape index (κ1) is 14.6. The van der Waals surface area contributed by atoms with Crippen LogP contribution in [0.2, 0.25) is 0 Å². The Labute approximate surface area is 122 Å². The Balaban J connectivity index is 1.84. The van der Waals surface area contributed by atoms with Crippen molar-refractivity contribution < 1.29 is 14.3 Å². The zero-order valence-electron chi connectivity index (χ0n) is 11.6. The Morgan fingerprint density at radius 2 is 2.14 bits per heavy atom. The van der Waals surface area contributed by atoms with E-state index in [-0.39, 0.29) is 18.2 Å². The van der Waals surface area contributed by atoms with Crippen molar-refractivity contribution in [3.63, 3.8) is 0 Å². The largest absolute Gasteiger partial charge is 0.497 e. The molecule has 2 rings (SSSR count). The average molecular weight is 288 g/mol. The van der Waals surface area contributed by atoms with E-state index in [0.29, 0.717) is 5.70 Å². The second-order valence-electron chi connectivity index (χ2n) is 4.46. The summed E-state index contributed by atoms with van der Waals surface area (Å²) < 4.78 is 5.04. The molecule has 1 fully saturated rings. The van der Waals surface area contributed by atoms with Crippen LogP contribution in [0.4, 0.5) is 0 Å². The fourth-order valence-electron chi connectivity index (χ4n) is 1.79. The predicted molar refractivity (Wildman–Crippen MR) is 77.3 cm³/mol. The SMILES string of the molecule is C=C1NNC(=O)C1CC(=O)NN=Cc1ccc(OC)cc1. The highest BCUT2D eigenvalue weighted by Crippen LogP contribution is 2.15. The quantitative estimate of drug-likeness (QED) is 0.537. The summed E-state index contributed by atoms with van der Waals surface area (Å²) in [7, 11) is 1.59. The summed E-state index contributed by atoms with van der Waals surface area (Å²) in [5.74, 6) is -0.449. The number of rotatable bonds is 5. The zero-order valence-corrected chi connectivity index (χ0v) is 11.6. The number of methoxy groups -OCH3 is 1. The first-order chi connectivity index (χ1) is 10.1. The molecule has 0 spiro atoms. The van der Waals surface area contributed by atoms with E-state index in [1.54, 1.807) is 19.2 Å². The van der Waals surface area contributed by atoms with Gasteiger partial charge in [0.15, 0.2) is 0 Å². The maximum Gasteiger partial charge on any atom is 0.247 e. The zero-order chi connectivity index (χ0) is 15.2. The normalized spacial score (nSPS) is 17.5. The van der Waals surface area contributed by atoms with Crippen molar-refractivity contribution in [2.75, 3.05) is 7.11 Å². The molecule has 0 bridgehead atoms. The molecule has 0 radical (unpaired) electrons. The van der Waals surface area contributed by atoms with Gasteiger partial charge in [-0.1, -0.05) is 6.58 Å². The van der Waals surface area contributed by atoms with Crippen LogP contribution in [-0.4, -0.2) is 25.1 Å². The average Bonchev–Trinajstić information content (AvgIpc) is 2.80. The summed E-state index contributed by atoms with van der Waals surface area (Å²) in [4.78, 5) is 23.1. The monoisotopic (exact) mass is 288 g/mol. The number of carbonyl (C=O) groups excluding carboxylic acids is 2. The second-order valence-corrected chi connectivity index (χ2v) is 4.46. The van der Waals surface area contributed by atoms with Crippen molar-refractivity contribution >= 4 is 18.0 Å². The van der Waals surface area contributed by atoms with Gasteiger partial charge < -0.3 is 10.2 Å². The lowest BCUT2D eigenvalue weighted by Crippen LogP contribution is -2.27. The van der Waals surface area contributed by atoms with Crippen molar-refractivity contribution in [1.29, 1.82) is 0 Å². The first-order valence-electron chi connectivity index (χ1n) is 6.31. The summed E-state index contributed by atoms with van der Waals surface area (Å²) in [5, 5.41) is 3.84. The molecule has 110 valence electrons. The van der Waals surface area contributed by atoms with E-state index in [1.807, 2.05) is 12.1 Å². The number of hydrazone groups is 1. The highest BCUT2D eigenvalue weighted by atomic mass is 16.5. The molecule has 21 heavy (non-hydrogen) atoms. The van der Waals surface area contributed by atoms with E-state index >= 15 is 0 Å². The number of hydrogen-bond acceptors (Lipinski definition) is 5. The van der Waals surface area contributed by atoms with Gasteiger partial charge in [-0.3, -0.25) is 15.0 Å². The van der Waals surface area contributed by atoms with Crippen molar-refractivity contribution in [3.05, 3.63) is 42.1 Å². The summed E-state index contributed by atoms with van der Waals surface area (Å²) in [6.45, 7) is 3.66. The molecule has 7 heteroatoms. The van der Waals surface area contributed by atoms with Crippen molar-refractivity contribution in [3.8, 4) is 5.75 Å². The number of hydrazine groups is 1. The topological polar surface area (TPSA) is 91.8 Å². The summed E-state index contributed by atoms with van der Waals surface area (Å²) in [6, 6.07) is 7.21. The Kier molecular flexibility index (Phi) is 4.55. The Bertz CT molecular complexity index is 564. The molecule has 1 aliphatic rings. The van der Waals surface area contributed by atoms with E-state index < -0.39 is 5.92 Å². The molecule has 1 unspecified atom stereocenters. The van der Waals surface area contributed by atoms with E-state index in [1.165, 1.54) is 6.21 Å². The lowest BCUT2D eigenvalue weighted by molar-refractivity contribution is -0.127. The third-order valence-corrected chi connectivity index (χ3v) is 2.99. The predicted octanol–water partition coefficient (Wildman–Crippen LogP) is 0.300. The molecule has 3 N–H and O–H groups in total. The minimum Gasteiger partial charge on any atom is -0.497 e. The summed E-state index contributed by atoms with van der Waals surface area (Å²) >= 11 is 0. The minimum atomic E-state index is -0.568. The van der Waals surface area contributed by atoms with E-state index in [4.69, 9.17) is 4.74 Å². The standard InChI is InChI=1S/C14H16N4O3/c1-9-12(14(20)18-16-9)7-13(19)17-15-8-10-3-5-11(21-2)6-4-10/h3-6,8,12,16H,1,7H2,2H3,(H,17,19)(H,18,20). The van der Waals surface area contributed by atoms with Crippen LogP contribution in [0.25, 0.3) is 0 Å². The van der Waals surface area contributed by atoms with Crippen LogP contribution in [0.15, 0.2) is 41.6 Å². The lowest BCUT2D eigenvalue weighted by Gasteiger charge is -2.05. The van der Waals surface area contributed by atoms with Gasteiger partial charge in [0.1, 0.15) is 5.75 Å². The maximum absolute atomic E-state index is 11.7. The molecule has 1 aliphatic heterocycles. The number of benzene rings is 1. The third-order valence-electron chi connectivity index (χ3n) is 2.99. The number of nitrogens with one attached hydrogen (secondary N) is 3. The van der Waals surface area contributed by atoms with Gasteiger partial charge in [0.25, 0.3) is 0 Å². The first-order valence-corrected chi connectivity index (χ1v) is 6.31. The number of ether oxygens (including phenoxy) is 1. The third kappa shape index (κ3) is 3.82. The Hall–Kier alpha value is -2.83. The van der Waals surface area contributed by atoms with E-state index in [0.717, 1.165) is 11.3 Å². The number of amides is 2. The number of nitrogens with zero attached hydrogens (tertiary/aromatic N) is 1. The van der Waals surface area contributed by atoms with Crippen LogP contribution < -0.4 is 21.0 Å². The Morgan fingerprint density at radius 1 is 1.43 bits per heavy atom. The number of hydrogen-bond donors (Lipinski definition) is 3. The molecule has 1 aromatic rings. The fourth-order valence-corrected chi connectivity index (χ4v) is 1.79. The molecule has 7 nitrogen and oxygen atoms in total. The van der Waals surface area contributed by atoms with Gasteiger partial charge >= 0.3 is 0 Å². The van der Waals surface area contributed by atoms with Crippen molar-refractivity contribution in [1.82, 2.24) is 16.3 Å². The fraction of sp³-hybridized carbons (Fsp3) is 0.214. The molecular weight excluding hydrogens is 272 g/mol. The molecule has 1 aromatic carbocycles. The second kappa shape index (κ2) is 6.56. The smallest absolute Gasteiger partial charge is 0.247 e. The summed E-state index contributed by atoms with van der Waals surface area (Å²) in [5.41, 5.74) is 8.67. The van der Waals surface area contributed by atoms with Gasteiger partial charge in [-0.15, -0.1) is 0 Å². The van der Waals surface area contributed by atoms with E-state index in [9.17, 15) is 9.59 Å². The molecule has 1 saturated heterocycles. The number of carbonyl (C=O) groups is 2. The van der Waals surface area contributed by atoms with Gasteiger partial charge in [0.2, 0.25) is 11.8 Å². The van der Waals surface area contributed by atoms with Crippen LogP contribution in [0, 0.1) is 5.92 Å². The highest BCUT2D eigenvalue weighted by Gasteiger charge is 2.29. The van der Waals surface area contributed by atoms with Crippen LogP contribution in [0.1, 0.15) is 12.0 Å². The Morgan fingerprint density at radius 3 is 2.71 bits per heavy atom. The van der Waals surface area contributed by atoms with Crippen LogP contribution in [-0.2, 0) is 9.59 Å². The molecule has 0 saturated carbocycles. The van der Waals surface area contributed by atoms with Crippen LogP contribution >= 0.6 is 0 Å². The molecule has 1 atom stereocenters. The summed E-state index contributed by atoms with van der Waals surface area (Å²) in [6.07, 6.45) is 1.51. The molecule has 0 aromatic heterocycles. The van der Waals surface area contributed by atoms with Crippen LogP contribution in [0.5, 0.6) is 5.75 Å². The highest BCUT2D eigenvalue weighted by molar-refractivity contribution is 5.90. The maximum atomic E-state index is 11.7. The van der Waals surface area contributed by atoms with Crippen molar-refractivity contribution in [2.45, 2.75) is 6.42 Å². The van der Waals surface area contributed by atoms with Gasteiger partial charge in [-0.25, -0.2) is 5.43 Å². The molecule has 2 amide bonds. The molecule has 1 heterocycles. The van der Waals surface area contributed by atoms with Gasteiger partial charge in [-0.2, -0.15) is 5.10 Å². The molecule has 0 aliphatic carbocycles. The van der Waals surface area contributed by atoms with Gasteiger partial charge in [0.05, 0.1) is 19.2 Å². The van der Waals surface area contributed by atoms with Crippen LogP contribution in [0.3, 0.4) is 0 Å². The van der Waals surface area contributed by atoms with E-state index in [2.05, 4.69) is 28.0 Å². The minimum absolute atomic E-state index is 0.00236. The molecular formula is C14H16N4O3. The lowest BCUT2D eigenvalue weighted by atomic mass is 10.0. The van der Waals surface area contributed by atoms with Crippen molar-refractivity contribution in [2.24, 2.45) is 11.0 Å². The van der Waals surface area contributed by atoms with Gasteiger partial charge in [-0.05, 0) is 29.8 Å². The van der Waals surface area contributed by atoms with Gasteiger partial charge in [0, 0.05) is 12.1 Å².